The summed E-state index contributed by atoms with van der Waals surface area (Å²) in [4.78, 5) is 7.95. The minimum absolute atomic E-state index is 0.145. The first-order valence-electron chi connectivity index (χ1n) is 6.20. The van der Waals surface area contributed by atoms with Crippen LogP contribution in [0.1, 0.15) is 24.1 Å². The normalized spacial score (nSPS) is 12.0. The average molecular weight is 276 g/mol. The first-order valence-corrected chi connectivity index (χ1v) is 6.20. The highest BCUT2D eigenvalue weighted by atomic mass is 19.1. The molecule has 0 aliphatic heterocycles. The average Bonchev–Trinajstić information content (AvgIpc) is 2.42. The maximum atomic E-state index is 13.6. The van der Waals surface area contributed by atoms with E-state index in [-0.39, 0.29) is 17.7 Å². The Labute approximate surface area is 117 Å². The van der Waals surface area contributed by atoms with Crippen molar-refractivity contribution in [3.8, 4) is 5.75 Å². The highest BCUT2D eigenvalue weighted by Crippen LogP contribution is 2.29. The van der Waals surface area contributed by atoms with Crippen LogP contribution in [0.5, 0.6) is 5.75 Å². The number of aromatic nitrogens is 2. The van der Waals surface area contributed by atoms with Crippen molar-refractivity contribution in [2.45, 2.75) is 19.9 Å². The zero-order valence-corrected chi connectivity index (χ0v) is 11.6. The van der Waals surface area contributed by atoms with E-state index in [1.54, 1.807) is 13.0 Å². The van der Waals surface area contributed by atoms with Crippen LogP contribution in [-0.4, -0.2) is 17.1 Å². The van der Waals surface area contributed by atoms with E-state index >= 15 is 0 Å². The molecule has 0 spiro atoms. The van der Waals surface area contributed by atoms with E-state index in [2.05, 4.69) is 15.3 Å². The molecule has 0 bridgehead atoms. The number of nitrogens with one attached hydrogen (secondary N) is 1. The summed E-state index contributed by atoms with van der Waals surface area (Å²) in [5.41, 5.74) is 7.14. The van der Waals surface area contributed by atoms with E-state index in [1.807, 2.05) is 13.0 Å². The molecule has 106 valence electrons. The first-order chi connectivity index (χ1) is 9.52. The Bertz CT molecular complexity index is 618. The zero-order valence-electron chi connectivity index (χ0n) is 11.6. The summed E-state index contributed by atoms with van der Waals surface area (Å²) < 4.78 is 18.8. The maximum absolute atomic E-state index is 13.6. The van der Waals surface area contributed by atoms with Crippen LogP contribution in [0.25, 0.3) is 0 Å². The second kappa shape index (κ2) is 5.73. The molecule has 0 fully saturated rings. The summed E-state index contributed by atoms with van der Waals surface area (Å²) in [6.07, 6.45) is 1.35. The van der Waals surface area contributed by atoms with Gasteiger partial charge in [0, 0.05) is 0 Å². The van der Waals surface area contributed by atoms with Gasteiger partial charge in [0.15, 0.2) is 11.6 Å². The van der Waals surface area contributed by atoms with Gasteiger partial charge in [0.25, 0.3) is 0 Å². The third-order valence-corrected chi connectivity index (χ3v) is 3.08. The van der Waals surface area contributed by atoms with Gasteiger partial charge in [0.1, 0.15) is 12.1 Å². The number of nitrogens with two attached hydrogens (primary N) is 1. The van der Waals surface area contributed by atoms with Crippen molar-refractivity contribution in [1.82, 2.24) is 9.97 Å². The summed E-state index contributed by atoms with van der Waals surface area (Å²) in [6.45, 7) is 3.63. The monoisotopic (exact) mass is 276 g/mol. The summed E-state index contributed by atoms with van der Waals surface area (Å²) in [5.74, 6) is 0.887. The molecule has 1 aromatic carbocycles. The van der Waals surface area contributed by atoms with Crippen LogP contribution in [0.4, 0.5) is 16.0 Å². The van der Waals surface area contributed by atoms with Crippen molar-refractivity contribution in [2.75, 3.05) is 18.2 Å². The number of nitrogens with zero attached hydrogens (tertiary/aromatic N) is 2. The number of halogens is 1. The summed E-state index contributed by atoms with van der Waals surface area (Å²) in [7, 11) is 1.50. The Kier molecular flexibility index (Phi) is 4.02. The van der Waals surface area contributed by atoms with E-state index in [1.165, 1.54) is 19.5 Å². The molecular formula is C14H17FN4O. The van der Waals surface area contributed by atoms with E-state index in [4.69, 9.17) is 10.5 Å². The number of hydrogen-bond acceptors (Lipinski definition) is 5. The van der Waals surface area contributed by atoms with Crippen molar-refractivity contribution >= 4 is 11.6 Å². The SMILES string of the molecule is COc1c(N)ncnc1NC(C)c1ccc(C)c(F)c1. The lowest BCUT2D eigenvalue weighted by atomic mass is 10.1. The van der Waals surface area contributed by atoms with E-state index in [0.29, 0.717) is 17.1 Å². The third kappa shape index (κ3) is 2.79. The fourth-order valence-corrected chi connectivity index (χ4v) is 1.86. The highest BCUT2D eigenvalue weighted by molar-refractivity contribution is 5.61. The second-order valence-electron chi connectivity index (χ2n) is 4.52. The molecule has 1 unspecified atom stereocenters. The molecule has 0 aliphatic rings. The molecular weight excluding hydrogens is 259 g/mol. The molecule has 0 amide bonds. The third-order valence-electron chi connectivity index (χ3n) is 3.08. The topological polar surface area (TPSA) is 73.1 Å². The van der Waals surface area contributed by atoms with Crippen molar-refractivity contribution in [3.63, 3.8) is 0 Å². The fraction of sp³-hybridized carbons (Fsp3) is 0.286. The highest BCUT2D eigenvalue weighted by Gasteiger charge is 2.14. The van der Waals surface area contributed by atoms with E-state index < -0.39 is 0 Å². The number of anilines is 2. The van der Waals surface area contributed by atoms with Crippen molar-refractivity contribution in [1.29, 1.82) is 0 Å². The number of aryl methyl sites for hydroxylation is 1. The van der Waals surface area contributed by atoms with E-state index in [0.717, 1.165) is 5.56 Å². The quantitative estimate of drug-likeness (QED) is 0.898. The van der Waals surface area contributed by atoms with Gasteiger partial charge in [0.2, 0.25) is 5.75 Å². The van der Waals surface area contributed by atoms with Gasteiger partial charge in [-0.25, -0.2) is 14.4 Å². The predicted octanol–water partition coefficient (Wildman–Crippen LogP) is 2.69. The van der Waals surface area contributed by atoms with Crippen molar-refractivity contribution in [3.05, 3.63) is 41.5 Å². The Morgan fingerprint density at radius 1 is 1.35 bits per heavy atom. The molecule has 20 heavy (non-hydrogen) atoms. The minimum atomic E-state index is -0.231. The second-order valence-corrected chi connectivity index (χ2v) is 4.52. The molecule has 0 saturated heterocycles. The van der Waals surface area contributed by atoms with Crippen LogP contribution in [0.15, 0.2) is 24.5 Å². The molecule has 0 radical (unpaired) electrons. The molecule has 2 rings (SSSR count). The van der Waals surface area contributed by atoms with Gasteiger partial charge in [-0.1, -0.05) is 12.1 Å². The van der Waals surface area contributed by atoms with Gasteiger partial charge in [-0.15, -0.1) is 0 Å². The molecule has 0 aliphatic carbocycles. The minimum Gasteiger partial charge on any atom is -0.490 e. The molecule has 1 heterocycles. The van der Waals surface area contributed by atoms with Crippen molar-refractivity contribution < 1.29 is 9.13 Å². The van der Waals surface area contributed by atoms with Crippen LogP contribution in [0.2, 0.25) is 0 Å². The van der Waals surface area contributed by atoms with Gasteiger partial charge in [0.05, 0.1) is 13.2 Å². The molecule has 1 aromatic heterocycles. The van der Waals surface area contributed by atoms with Crippen LogP contribution in [0.3, 0.4) is 0 Å². The van der Waals surface area contributed by atoms with Gasteiger partial charge in [-0.05, 0) is 31.0 Å². The first kappa shape index (κ1) is 14.0. The molecule has 1 atom stereocenters. The lowest BCUT2D eigenvalue weighted by Crippen LogP contribution is -2.11. The molecule has 0 saturated carbocycles. The maximum Gasteiger partial charge on any atom is 0.203 e. The standard InChI is InChI=1S/C14H17FN4O/c1-8-4-5-10(6-11(8)15)9(2)19-14-12(20-3)13(16)17-7-18-14/h4-7,9H,1-3H3,(H3,16,17,18,19). The number of ether oxygens (including phenoxy) is 1. The number of rotatable bonds is 4. The van der Waals surface area contributed by atoms with Crippen LogP contribution in [0, 0.1) is 12.7 Å². The Hall–Kier alpha value is -2.37. The van der Waals surface area contributed by atoms with Crippen LogP contribution < -0.4 is 15.8 Å². The van der Waals surface area contributed by atoms with Crippen LogP contribution in [-0.2, 0) is 0 Å². The largest absolute Gasteiger partial charge is 0.490 e. The van der Waals surface area contributed by atoms with Gasteiger partial charge in [-0.3, -0.25) is 0 Å². The number of nitrogen functional groups attached to an aromatic ring is 1. The predicted molar refractivity (Wildman–Crippen MR) is 76.2 cm³/mol. The zero-order chi connectivity index (χ0) is 14.7. The number of methoxy groups -OCH3 is 1. The van der Waals surface area contributed by atoms with Gasteiger partial charge >= 0.3 is 0 Å². The molecule has 6 heteroatoms. The molecule has 3 N–H and O–H groups in total. The summed E-state index contributed by atoms with van der Waals surface area (Å²) >= 11 is 0. The lowest BCUT2D eigenvalue weighted by Gasteiger charge is -2.17. The molecule has 2 aromatic rings. The number of benzene rings is 1. The van der Waals surface area contributed by atoms with Crippen LogP contribution >= 0.6 is 0 Å². The fourth-order valence-electron chi connectivity index (χ4n) is 1.86. The van der Waals surface area contributed by atoms with Gasteiger partial charge in [-0.2, -0.15) is 0 Å². The number of hydrogen-bond donors (Lipinski definition) is 2. The lowest BCUT2D eigenvalue weighted by molar-refractivity contribution is 0.415. The van der Waals surface area contributed by atoms with E-state index in [9.17, 15) is 4.39 Å². The molecule has 5 nitrogen and oxygen atoms in total. The summed E-state index contributed by atoms with van der Waals surface area (Å²) in [5, 5.41) is 3.14. The van der Waals surface area contributed by atoms with Crippen molar-refractivity contribution in [2.24, 2.45) is 0 Å². The Morgan fingerprint density at radius 2 is 2.10 bits per heavy atom. The Morgan fingerprint density at radius 3 is 2.75 bits per heavy atom. The Balaban J connectivity index is 2.25. The smallest absolute Gasteiger partial charge is 0.203 e. The summed E-state index contributed by atoms with van der Waals surface area (Å²) in [6, 6.07) is 4.97. The van der Waals surface area contributed by atoms with Gasteiger partial charge < -0.3 is 15.8 Å².